The van der Waals surface area contributed by atoms with Gasteiger partial charge in [0.15, 0.2) is 0 Å². The van der Waals surface area contributed by atoms with Gasteiger partial charge in [0.2, 0.25) is 0 Å². The van der Waals surface area contributed by atoms with Crippen molar-refractivity contribution in [3.8, 4) is 12.1 Å². The van der Waals surface area contributed by atoms with E-state index >= 15 is 0 Å². The molecule has 1 aliphatic heterocycles. The van der Waals surface area contributed by atoms with Crippen LogP contribution in [0.2, 0.25) is 0 Å². The quantitative estimate of drug-likeness (QED) is 0.711. The molecule has 0 saturated carbocycles. The Hall–Kier alpha value is -2.78. The lowest BCUT2D eigenvalue weighted by molar-refractivity contribution is 0.0311. The fourth-order valence-electron chi connectivity index (χ4n) is 3.75. The average molecular weight is 449 g/mol. The molecule has 174 valence electrons. The monoisotopic (exact) mass is 448 g/mol. The van der Waals surface area contributed by atoms with E-state index in [0.29, 0.717) is 63.9 Å². The number of rotatable bonds is 4. The second kappa shape index (κ2) is 14.4. The molecule has 0 aliphatic carbocycles. The zero-order chi connectivity index (χ0) is 23.1. The molecule has 0 amide bonds. The molecule has 0 bridgehead atoms. The molecule has 7 heteroatoms. The molecule has 0 aromatic heterocycles. The molecule has 33 heavy (non-hydrogen) atoms. The van der Waals surface area contributed by atoms with E-state index in [1.54, 1.807) is 0 Å². The highest BCUT2D eigenvalue weighted by Gasteiger charge is 2.12. The predicted octanol–water partition coefficient (Wildman–Crippen LogP) is 2.80. The van der Waals surface area contributed by atoms with Crippen molar-refractivity contribution in [2.45, 2.75) is 13.1 Å². The van der Waals surface area contributed by atoms with Crippen LogP contribution in [-0.2, 0) is 27.3 Å². The lowest BCUT2D eigenvalue weighted by atomic mass is 10.1. The second-order valence-corrected chi connectivity index (χ2v) is 7.93. The van der Waals surface area contributed by atoms with E-state index in [0.717, 1.165) is 37.3 Å². The van der Waals surface area contributed by atoms with Gasteiger partial charge in [0.05, 0.1) is 62.9 Å². The van der Waals surface area contributed by atoms with E-state index in [1.165, 1.54) is 0 Å². The molecule has 2 aromatic carbocycles. The Morgan fingerprint density at radius 3 is 1.33 bits per heavy atom. The van der Waals surface area contributed by atoms with Crippen LogP contribution in [0, 0.1) is 22.7 Å². The number of ether oxygens (including phenoxy) is 3. The number of hydrogen-bond acceptors (Lipinski definition) is 7. The Morgan fingerprint density at radius 2 is 0.939 bits per heavy atom. The van der Waals surface area contributed by atoms with E-state index in [4.69, 9.17) is 14.2 Å². The number of nitriles is 2. The van der Waals surface area contributed by atoms with E-state index in [1.807, 2.05) is 48.5 Å². The van der Waals surface area contributed by atoms with Crippen LogP contribution in [0.5, 0.6) is 0 Å². The highest BCUT2D eigenvalue weighted by atomic mass is 16.5. The van der Waals surface area contributed by atoms with Crippen molar-refractivity contribution in [2.75, 3.05) is 65.8 Å². The Bertz CT molecular complexity index is 862. The van der Waals surface area contributed by atoms with Crippen molar-refractivity contribution in [3.05, 3.63) is 70.8 Å². The lowest BCUT2D eigenvalue weighted by Gasteiger charge is -2.24. The van der Waals surface area contributed by atoms with E-state index in [2.05, 4.69) is 21.9 Å². The molecule has 1 aliphatic rings. The minimum absolute atomic E-state index is 0.552. The maximum absolute atomic E-state index is 9.39. The molecular formula is C26H32N4O3. The van der Waals surface area contributed by atoms with Gasteiger partial charge in [0.1, 0.15) is 0 Å². The average Bonchev–Trinajstić information content (AvgIpc) is 2.85. The van der Waals surface area contributed by atoms with Crippen LogP contribution in [0.15, 0.2) is 48.5 Å². The van der Waals surface area contributed by atoms with Gasteiger partial charge in [-0.1, -0.05) is 36.4 Å². The summed E-state index contributed by atoms with van der Waals surface area (Å²) in [6, 6.07) is 20.0. The molecule has 0 atom stereocenters. The molecule has 1 fully saturated rings. The van der Waals surface area contributed by atoms with Crippen LogP contribution in [0.4, 0.5) is 0 Å². The Labute approximate surface area is 196 Å². The first-order valence-electron chi connectivity index (χ1n) is 11.4. The molecule has 0 unspecified atom stereocenters. The summed E-state index contributed by atoms with van der Waals surface area (Å²) in [6.45, 7) is 7.95. The summed E-state index contributed by atoms with van der Waals surface area (Å²) in [7, 11) is 0. The number of hydrogen-bond donors (Lipinski definition) is 0. The molecule has 1 saturated heterocycles. The summed E-state index contributed by atoms with van der Waals surface area (Å²) < 4.78 is 17.5. The largest absolute Gasteiger partial charge is 0.379 e. The summed E-state index contributed by atoms with van der Waals surface area (Å²) in [5, 5.41) is 18.8. The first-order valence-corrected chi connectivity index (χ1v) is 11.4. The van der Waals surface area contributed by atoms with Gasteiger partial charge in [-0.25, -0.2) is 0 Å². The van der Waals surface area contributed by atoms with Gasteiger partial charge in [-0.2, -0.15) is 10.5 Å². The zero-order valence-corrected chi connectivity index (χ0v) is 19.1. The normalized spacial score (nSPS) is 17.9. The van der Waals surface area contributed by atoms with Gasteiger partial charge in [-0.15, -0.1) is 0 Å². The van der Waals surface area contributed by atoms with Crippen LogP contribution in [0.25, 0.3) is 0 Å². The summed E-state index contributed by atoms with van der Waals surface area (Å²) in [5.74, 6) is 0. The molecule has 0 N–H and O–H groups in total. The predicted molar refractivity (Wildman–Crippen MR) is 125 cm³/mol. The SMILES string of the molecule is N#Cc1ccccc1CN1CCOCCOCCN(Cc2ccccc2C#N)CCOCC1. The van der Waals surface area contributed by atoms with Crippen LogP contribution in [0.3, 0.4) is 0 Å². The van der Waals surface area contributed by atoms with Crippen molar-refractivity contribution in [1.82, 2.24) is 9.80 Å². The summed E-state index contributed by atoms with van der Waals surface area (Å²) >= 11 is 0. The molecule has 7 nitrogen and oxygen atoms in total. The number of nitrogens with zero attached hydrogens (tertiary/aromatic N) is 4. The van der Waals surface area contributed by atoms with Gasteiger partial charge in [0.25, 0.3) is 0 Å². The molecule has 2 aromatic rings. The van der Waals surface area contributed by atoms with Crippen LogP contribution in [-0.4, -0.2) is 75.6 Å². The maximum Gasteiger partial charge on any atom is 0.0995 e. The van der Waals surface area contributed by atoms with Gasteiger partial charge in [-0.05, 0) is 23.3 Å². The molecule has 0 spiro atoms. The Morgan fingerprint density at radius 1 is 0.576 bits per heavy atom. The second-order valence-electron chi connectivity index (χ2n) is 7.93. The third-order valence-electron chi connectivity index (χ3n) is 5.64. The van der Waals surface area contributed by atoms with Gasteiger partial charge >= 0.3 is 0 Å². The Balaban J connectivity index is 1.57. The zero-order valence-electron chi connectivity index (χ0n) is 19.1. The lowest BCUT2D eigenvalue weighted by Crippen LogP contribution is -2.33. The topological polar surface area (TPSA) is 81.8 Å². The molecule has 1 heterocycles. The highest BCUT2D eigenvalue weighted by Crippen LogP contribution is 2.12. The number of benzene rings is 2. The van der Waals surface area contributed by atoms with Crippen LogP contribution in [0.1, 0.15) is 22.3 Å². The first kappa shape index (κ1) is 24.9. The molecular weight excluding hydrogens is 416 g/mol. The van der Waals surface area contributed by atoms with Crippen LogP contribution < -0.4 is 0 Å². The first-order chi connectivity index (χ1) is 16.3. The van der Waals surface area contributed by atoms with Crippen molar-refractivity contribution in [2.24, 2.45) is 0 Å². The van der Waals surface area contributed by atoms with E-state index in [-0.39, 0.29) is 0 Å². The molecule has 3 rings (SSSR count). The van der Waals surface area contributed by atoms with Crippen molar-refractivity contribution in [3.63, 3.8) is 0 Å². The fourth-order valence-corrected chi connectivity index (χ4v) is 3.75. The minimum Gasteiger partial charge on any atom is -0.379 e. The van der Waals surface area contributed by atoms with Crippen molar-refractivity contribution in [1.29, 1.82) is 10.5 Å². The third-order valence-corrected chi connectivity index (χ3v) is 5.64. The summed E-state index contributed by atoms with van der Waals surface area (Å²) in [6.07, 6.45) is 0. The van der Waals surface area contributed by atoms with Gasteiger partial charge in [0, 0.05) is 39.3 Å². The fraction of sp³-hybridized carbons (Fsp3) is 0.462. The molecule has 0 radical (unpaired) electrons. The summed E-state index contributed by atoms with van der Waals surface area (Å²) in [4.78, 5) is 4.52. The van der Waals surface area contributed by atoms with E-state index < -0.39 is 0 Å². The van der Waals surface area contributed by atoms with Gasteiger partial charge in [-0.3, -0.25) is 9.80 Å². The van der Waals surface area contributed by atoms with Crippen molar-refractivity contribution >= 4 is 0 Å². The third kappa shape index (κ3) is 8.58. The smallest absolute Gasteiger partial charge is 0.0995 e. The van der Waals surface area contributed by atoms with Gasteiger partial charge < -0.3 is 14.2 Å². The standard InChI is InChI=1S/C26H32N4O3/c27-19-23-5-1-3-7-25(23)21-29-9-13-31-14-10-30(12-16-33-18-17-32-15-11-29)22-26-8-4-2-6-24(26)20-28/h1-8H,9-18,21-22H2. The van der Waals surface area contributed by atoms with E-state index in [9.17, 15) is 10.5 Å². The van der Waals surface area contributed by atoms with Crippen molar-refractivity contribution < 1.29 is 14.2 Å². The Kier molecular flexibility index (Phi) is 10.8. The highest BCUT2D eigenvalue weighted by molar-refractivity contribution is 5.38. The maximum atomic E-state index is 9.39. The minimum atomic E-state index is 0.552. The van der Waals surface area contributed by atoms with Crippen LogP contribution >= 0.6 is 0 Å². The summed E-state index contributed by atoms with van der Waals surface area (Å²) in [5.41, 5.74) is 3.45.